The number of amides is 1. The van der Waals surface area contributed by atoms with Crippen molar-refractivity contribution in [1.82, 2.24) is 0 Å². The van der Waals surface area contributed by atoms with Crippen molar-refractivity contribution in [1.29, 1.82) is 0 Å². The van der Waals surface area contributed by atoms with Gasteiger partial charge in [0.25, 0.3) is 0 Å². The van der Waals surface area contributed by atoms with Crippen LogP contribution >= 0.6 is 11.6 Å². The average molecular weight is 269 g/mol. The largest absolute Gasteiger partial charge is 0.327 e. The molecule has 100 valence electrons. The molecule has 0 radical (unpaired) electrons. The molecule has 1 unspecified atom stereocenters. The van der Waals surface area contributed by atoms with Gasteiger partial charge in [-0.3, -0.25) is 4.79 Å². The van der Waals surface area contributed by atoms with Gasteiger partial charge in [0.1, 0.15) is 0 Å². The molecule has 1 atom stereocenters. The first-order valence-corrected chi connectivity index (χ1v) is 6.45. The van der Waals surface area contributed by atoms with Gasteiger partial charge in [0.15, 0.2) is 0 Å². The summed E-state index contributed by atoms with van der Waals surface area (Å²) in [5.41, 5.74) is 6.84. The third-order valence-electron chi connectivity index (χ3n) is 2.45. The third kappa shape index (κ3) is 6.03. The molecule has 0 fully saturated rings. The summed E-state index contributed by atoms with van der Waals surface area (Å²) in [7, 11) is 0. The van der Waals surface area contributed by atoms with Gasteiger partial charge in [-0.1, -0.05) is 32.4 Å². The van der Waals surface area contributed by atoms with Gasteiger partial charge in [0.05, 0.1) is 0 Å². The lowest BCUT2D eigenvalue weighted by Crippen LogP contribution is -2.31. The van der Waals surface area contributed by atoms with E-state index >= 15 is 0 Å². The molecule has 1 rings (SSSR count). The lowest BCUT2D eigenvalue weighted by Gasteiger charge is -2.22. The third-order valence-corrected chi connectivity index (χ3v) is 2.70. The highest BCUT2D eigenvalue weighted by atomic mass is 35.5. The molecule has 0 heterocycles. The van der Waals surface area contributed by atoms with Crippen LogP contribution in [-0.2, 0) is 4.79 Å². The smallest absolute Gasteiger partial charge is 0.225 e. The SMILES string of the molecule is CC(C)(C)CC(N)CC(=O)Nc1ccc(Cl)cc1. The van der Waals surface area contributed by atoms with Gasteiger partial charge in [-0.15, -0.1) is 0 Å². The van der Waals surface area contributed by atoms with Crippen LogP contribution in [-0.4, -0.2) is 11.9 Å². The molecule has 4 heteroatoms. The molecule has 3 nitrogen and oxygen atoms in total. The van der Waals surface area contributed by atoms with Crippen molar-refractivity contribution in [3.8, 4) is 0 Å². The van der Waals surface area contributed by atoms with Crippen molar-refractivity contribution in [3.63, 3.8) is 0 Å². The highest BCUT2D eigenvalue weighted by Crippen LogP contribution is 2.21. The van der Waals surface area contributed by atoms with Crippen LogP contribution in [0.5, 0.6) is 0 Å². The Bertz CT molecular complexity index is 395. The van der Waals surface area contributed by atoms with E-state index in [1.54, 1.807) is 24.3 Å². The average Bonchev–Trinajstić information content (AvgIpc) is 2.18. The Kier molecular flexibility index (Phi) is 5.17. The number of hydrogen-bond acceptors (Lipinski definition) is 2. The van der Waals surface area contributed by atoms with Crippen LogP contribution in [0.1, 0.15) is 33.6 Å². The molecule has 1 aromatic rings. The fourth-order valence-electron chi connectivity index (χ4n) is 1.84. The molecule has 0 aromatic heterocycles. The number of anilines is 1. The number of carbonyl (C=O) groups excluding carboxylic acids is 1. The van der Waals surface area contributed by atoms with Crippen LogP contribution in [0.2, 0.25) is 5.02 Å². The highest BCUT2D eigenvalue weighted by molar-refractivity contribution is 6.30. The minimum absolute atomic E-state index is 0.0610. The first-order chi connectivity index (χ1) is 8.26. The van der Waals surface area contributed by atoms with E-state index in [0.29, 0.717) is 11.4 Å². The molecule has 0 saturated heterocycles. The summed E-state index contributed by atoms with van der Waals surface area (Å²) >= 11 is 5.77. The Hall–Kier alpha value is -1.06. The van der Waals surface area contributed by atoms with Crippen LogP contribution in [0, 0.1) is 5.41 Å². The Balaban J connectivity index is 2.44. The maximum Gasteiger partial charge on any atom is 0.225 e. The minimum Gasteiger partial charge on any atom is -0.327 e. The lowest BCUT2D eigenvalue weighted by atomic mass is 9.87. The van der Waals surface area contributed by atoms with Crippen molar-refractivity contribution < 1.29 is 4.79 Å². The van der Waals surface area contributed by atoms with Crippen molar-refractivity contribution >= 4 is 23.2 Å². The van der Waals surface area contributed by atoms with Gasteiger partial charge in [0.2, 0.25) is 5.91 Å². The molecule has 1 aromatic carbocycles. The molecule has 3 N–H and O–H groups in total. The van der Waals surface area contributed by atoms with Crippen LogP contribution in [0.25, 0.3) is 0 Å². The van der Waals surface area contributed by atoms with Crippen molar-refractivity contribution in [3.05, 3.63) is 29.3 Å². The summed E-state index contributed by atoms with van der Waals surface area (Å²) in [6, 6.07) is 6.92. The van der Waals surface area contributed by atoms with E-state index in [0.717, 1.165) is 12.1 Å². The van der Waals surface area contributed by atoms with E-state index in [2.05, 4.69) is 26.1 Å². The zero-order chi connectivity index (χ0) is 13.8. The fraction of sp³-hybridized carbons (Fsp3) is 0.500. The quantitative estimate of drug-likeness (QED) is 0.879. The number of hydrogen-bond donors (Lipinski definition) is 2. The summed E-state index contributed by atoms with van der Waals surface area (Å²) in [6.45, 7) is 6.35. The van der Waals surface area contributed by atoms with Crippen molar-refractivity contribution in [2.24, 2.45) is 11.1 Å². The summed E-state index contributed by atoms with van der Waals surface area (Å²) in [5.74, 6) is -0.0610. The second-order valence-corrected chi connectivity index (χ2v) is 6.22. The number of rotatable bonds is 4. The molecule has 0 bridgehead atoms. The van der Waals surface area contributed by atoms with E-state index in [-0.39, 0.29) is 17.4 Å². The van der Waals surface area contributed by atoms with E-state index in [1.807, 2.05) is 0 Å². The first kappa shape index (κ1) is 15.0. The van der Waals surface area contributed by atoms with Gasteiger partial charge in [-0.2, -0.15) is 0 Å². The van der Waals surface area contributed by atoms with E-state index in [1.165, 1.54) is 0 Å². The number of halogens is 1. The van der Waals surface area contributed by atoms with Gasteiger partial charge >= 0.3 is 0 Å². The van der Waals surface area contributed by atoms with Crippen LogP contribution in [0.3, 0.4) is 0 Å². The van der Waals surface area contributed by atoms with E-state index < -0.39 is 0 Å². The van der Waals surface area contributed by atoms with Gasteiger partial charge in [-0.25, -0.2) is 0 Å². The van der Waals surface area contributed by atoms with Gasteiger partial charge in [-0.05, 0) is 36.1 Å². The normalized spacial score (nSPS) is 13.2. The number of nitrogens with two attached hydrogens (primary N) is 1. The van der Waals surface area contributed by atoms with Crippen LogP contribution in [0.15, 0.2) is 24.3 Å². The van der Waals surface area contributed by atoms with Gasteiger partial charge in [0, 0.05) is 23.2 Å². The van der Waals surface area contributed by atoms with Crippen molar-refractivity contribution in [2.75, 3.05) is 5.32 Å². The van der Waals surface area contributed by atoms with E-state index in [9.17, 15) is 4.79 Å². The molecular weight excluding hydrogens is 248 g/mol. The fourth-order valence-corrected chi connectivity index (χ4v) is 1.97. The molecular formula is C14H21ClN2O. The Morgan fingerprint density at radius 2 is 1.89 bits per heavy atom. The maximum atomic E-state index is 11.8. The predicted molar refractivity (Wildman–Crippen MR) is 76.7 cm³/mol. The Morgan fingerprint density at radius 3 is 2.39 bits per heavy atom. The maximum absolute atomic E-state index is 11.8. The second-order valence-electron chi connectivity index (χ2n) is 5.78. The summed E-state index contributed by atoms with van der Waals surface area (Å²) in [6.07, 6.45) is 1.15. The molecule has 1 amide bonds. The van der Waals surface area contributed by atoms with Gasteiger partial charge < -0.3 is 11.1 Å². The molecule has 0 aliphatic rings. The summed E-state index contributed by atoms with van der Waals surface area (Å²) in [5, 5.41) is 3.46. The lowest BCUT2D eigenvalue weighted by molar-refractivity contribution is -0.116. The molecule has 18 heavy (non-hydrogen) atoms. The predicted octanol–water partition coefficient (Wildman–Crippen LogP) is 3.43. The molecule has 0 aliphatic heterocycles. The summed E-state index contributed by atoms with van der Waals surface area (Å²) < 4.78 is 0. The van der Waals surface area contributed by atoms with Crippen LogP contribution < -0.4 is 11.1 Å². The Morgan fingerprint density at radius 1 is 1.33 bits per heavy atom. The number of nitrogens with one attached hydrogen (secondary N) is 1. The number of carbonyl (C=O) groups is 1. The number of benzene rings is 1. The van der Waals surface area contributed by atoms with Crippen molar-refractivity contribution in [2.45, 2.75) is 39.7 Å². The second kappa shape index (κ2) is 6.21. The first-order valence-electron chi connectivity index (χ1n) is 6.07. The zero-order valence-electron chi connectivity index (χ0n) is 11.2. The molecule has 0 saturated carbocycles. The minimum atomic E-state index is -0.114. The Labute approximate surface area is 114 Å². The standard InChI is InChI=1S/C14H21ClN2O/c1-14(2,3)9-11(16)8-13(18)17-12-6-4-10(15)5-7-12/h4-7,11H,8-9,16H2,1-3H3,(H,17,18). The molecule has 0 spiro atoms. The molecule has 0 aliphatic carbocycles. The van der Waals surface area contributed by atoms with Crippen LogP contribution in [0.4, 0.5) is 5.69 Å². The monoisotopic (exact) mass is 268 g/mol. The summed E-state index contributed by atoms with van der Waals surface area (Å²) in [4.78, 5) is 11.8. The topological polar surface area (TPSA) is 55.1 Å². The highest BCUT2D eigenvalue weighted by Gasteiger charge is 2.18. The van der Waals surface area contributed by atoms with E-state index in [4.69, 9.17) is 17.3 Å². The zero-order valence-corrected chi connectivity index (χ0v) is 11.9.